The number of anilines is 1. The normalized spacial score (nSPS) is 11.0. The number of hydrogen-bond acceptors (Lipinski definition) is 8. The van der Waals surface area contributed by atoms with Gasteiger partial charge in [0, 0.05) is 18.8 Å². The predicted octanol–water partition coefficient (Wildman–Crippen LogP) is 3.94. The summed E-state index contributed by atoms with van der Waals surface area (Å²) in [5.41, 5.74) is 2.32. The number of aromatic nitrogens is 5. The van der Waals surface area contributed by atoms with E-state index >= 15 is 0 Å². The van der Waals surface area contributed by atoms with Gasteiger partial charge in [0.15, 0.2) is 11.0 Å². The number of amides is 1. The average molecular weight is 427 g/mol. The van der Waals surface area contributed by atoms with Crippen LogP contribution in [0.4, 0.5) is 5.69 Å². The second kappa shape index (κ2) is 8.18. The van der Waals surface area contributed by atoms with Crippen LogP contribution in [0.15, 0.2) is 46.1 Å². The summed E-state index contributed by atoms with van der Waals surface area (Å²) in [6.45, 7) is 3.77. The number of nitrogens with one attached hydrogen (secondary N) is 1. The first-order chi connectivity index (χ1) is 14.0. The number of rotatable bonds is 6. The molecule has 10 heteroatoms. The fraction of sp³-hybridized carbons (Fsp3) is 0.211. The zero-order valence-corrected chi connectivity index (χ0v) is 17.7. The highest BCUT2D eigenvalue weighted by molar-refractivity contribution is 7.99. The van der Waals surface area contributed by atoms with Crippen molar-refractivity contribution in [2.75, 3.05) is 11.1 Å². The van der Waals surface area contributed by atoms with Crippen LogP contribution in [-0.2, 0) is 11.8 Å². The van der Waals surface area contributed by atoms with Crippen LogP contribution in [-0.4, -0.2) is 36.6 Å². The lowest BCUT2D eigenvalue weighted by molar-refractivity contribution is -0.113. The number of benzene rings is 1. The highest BCUT2D eigenvalue weighted by Gasteiger charge is 2.20. The molecule has 0 fully saturated rings. The first-order valence-electron chi connectivity index (χ1n) is 8.80. The van der Waals surface area contributed by atoms with Crippen molar-refractivity contribution in [1.82, 2.24) is 24.9 Å². The minimum Gasteiger partial charge on any atom is -0.361 e. The molecule has 1 aromatic carbocycles. The topological polar surface area (TPSA) is 98.7 Å². The van der Waals surface area contributed by atoms with Gasteiger partial charge >= 0.3 is 0 Å². The summed E-state index contributed by atoms with van der Waals surface area (Å²) in [5.74, 6) is 1.59. The first kappa shape index (κ1) is 19.3. The van der Waals surface area contributed by atoms with Crippen LogP contribution in [0.1, 0.15) is 11.5 Å². The second-order valence-corrected chi connectivity index (χ2v) is 8.27. The van der Waals surface area contributed by atoms with E-state index < -0.39 is 0 Å². The van der Waals surface area contributed by atoms with Gasteiger partial charge in [0.05, 0.1) is 16.3 Å². The van der Waals surface area contributed by atoms with E-state index in [4.69, 9.17) is 4.52 Å². The van der Waals surface area contributed by atoms with Crippen molar-refractivity contribution in [1.29, 1.82) is 0 Å². The lowest BCUT2D eigenvalue weighted by Gasteiger charge is -2.05. The largest absolute Gasteiger partial charge is 0.361 e. The first-order valence-corrected chi connectivity index (χ1v) is 10.6. The molecule has 0 aliphatic rings. The summed E-state index contributed by atoms with van der Waals surface area (Å²) in [7, 11) is 1.88. The SMILES string of the molecule is Cc1cc(-c2nc(C)c(-c3nnc(SCC(=O)Nc4ccccc4)n3C)s2)no1. The molecule has 0 bridgehead atoms. The summed E-state index contributed by atoms with van der Waals surface area (Å²) in [5, 5.41) is 16.9. The van der Waals surface area contributed by atoms with Gasteiger partial charge in [-0.1, -0.05) is 35.1 Å². The number of carbonyl (C=O) groups is 1. The number of thioether (sulfide) groups is 1. The number of nitrogens with zero attached hydrogens (tertiary/aromatic N) is 5. The third kappa shape index (κ3) is 4.22. The minimum absolute atomic E-state index is 0.0941. The lowest BCUT2D eigenvalue weighted by Crippen LogP contribution is -2.14. The van der Waals surface area contributed by atoms with Gasteiger partial charge in [0.1, 0.15) is 16.5 Å². The zero-order chi connectivity index (χ0) is 20.4. The summed E-state index contributed by atoms with van der Waals surface area (Å²) >= 11 is 2.82. The van der Waals surface area contributed by atoms with Gasteiger partial charge in [0.2, 0.25) is 5.91 Å². The fourth-order valence-corrected chi connectivity index (χ4v) is 4.42. The minimum atomic E-state index is -0.0941. The molecule has 0 atom stereocenters. The molecular formula is C19H18N6O2S2. The van der Waals surface area contributed by atoms with E-state index in [9.17, 15) is 4.79 Å². The third-order valence-electron chi connectivity index (χ3n) is 4.07. The molecular weight excluding hydrogens is 408 g/mol. The van der Waals surface area contributed by atoms with E-state index in [1.54, 1.807) is 0 Å². The van der Waals surface area contributed by atoms with E-state index in [1.807, 2.05) is 61.9 Å². The van der Waals surface area contributed by atoms with Crippen LogP contribution in [0, 0.1) is 13.8 Å². The molecule has 1 amide bonds. The Labute approximate surface area is 175 Å². The molecule has 3 aromatic heterocycles. The Morgan fingerprint density at radius 2 is 2.03 bits per heavy atom. The predicted molar refractivity (Wildman–Crippen MR) is 113 cm³/mol. The maximum absolute atomic E-state index is 12.2. The maximum atomic E-state index is 12.2. The van der Waals surface area contributed by atoms with Crippen molar-refractivity contribution >= 4 is 34.7 Å². The Morgan fingerprint density at radius 3 is 2.76 bits per heavy atom. The molecule has 8 nitrogen and oxygen atoms in total. The molecule has 1 N–H and O–H groups in total. The Bertz CT molecular complexity index is 1150. The second-order valence-electron chi connectivity index (χ2n) is 6.32. The van der Waals surface area contributed by atoms with E-state index in [2.05, 4.69) is 25.7 Å². The number of hydrogen-bond donors (Lipinski definition) is 1. The fourth-order valence-electron chi connectivity index (χ4n) is 2.67. The molecule has 0 spiro atoms. The molecule has 0 saturated heterocycles. The van der Waals surface area contributed by atoms with Gasteiger partial charge in [-0.25, -0.2) is 4.98 Å². The highest BCUT2D eigenvalue weighted by Crippen LogP contribution is 2.34. The van der Waals surface area contributed by atoms with Gasteiger partial charge < -0.3 is 14.4 Å². The van der Waals surface area contributed by atoms with Crippen molar-refractivity contribution in [3.8, 4) is 21.4 Å². The molecule has 0 saturated carbocycles. The summed E-state index contributed by atoms with van der Waals surface area (Å²) < 4.78 is 7.01. The summed E-state index contributed by atoms with van der Waals surface area (Å²) in [4.78, 5) is 17.7. The molecule has 3 heterocycles. The van der Waals surface area contributed by atoms with Crippen molar-refractivity contribution in [3.05, 3.63) is 47.9 Å². The monoisotopic (exact) mass is 426 g/mol. The molecule has 0 aliphatic carbocycles. The Balaban J connectivity index is 1.47. The molecule has 148 valence electrons. The Morgan fingerprint density at radius 1 is 1.24 bits per heavy atom. The molecule has 0 unspecified atom stereocenters. The van der Waals surface area contributed by atoms with E-state index in [-0.39, 0.29) is 11.7 Å². The van der Waals surface area contributed by atoms with Gasteiger partial charge in [0.25, 0.3) is 0 Å². The van der Waals surface area contributed by atoms with Crippen LogP contribution in [0.3, 0.4) is 0 Å². The summed E-state index contributed by atoms with van der Waals surface area (Å²) in [6.07, 6.45) is 0. The van der Waals surface area contributed by atoms with Gasteiger partial charge in [-0.3, -0.25) is 4.79 Å². The van der Waals surface area contributed by atoms with Crippen LogP contribution in [0.25, 0.3) is 21.4 Å². The van der Waals surface area contributed by atoms with Crippen LogP contribution in [0.2, 0.25) is 0 Å². The molecule has 4 rings (SSSR count). The van der Waals surface area contributed by atoms with Gasteiger partial charge in [-0.2, -0.15) is 0 Å². The number of aryl methyl sites for hydroxylation is 2. The third-order valence-corrected chi connectivity index (χ3v) is 6.27. The quantitative estimate of drug-likeness (QED) is 0.466. The van der Waals surface area contributed by atoms with E-state index in [0.717, 1.165) is 27.0 Å². The molecule has 0 aliphatic heterocycles. The van der Waals surface area contributed by atoms with Crippen molar-refractivity contribution in [2.45, 2.75) is 19.0 Å². The van der Waals surface area contributed by atoms with Crippen LogP contribution >= 0.6 is 23.1 Å². The van der Waals surface area contributed by atoms with E-state index in [0.29, 0.717) is 16.7 Å². The van der Waals surface area contributed by atoms with Crippen LogP contribution < -0.4 is 5.32 Å². The lowest BCUT2D eigenvalue weighted by atomic mass is 10.3. The molecule has 29 heavy (non-hydrogen) atoms. The van der Waals surface area contributed by atoms with Crippen molar-refractivity contribution < 1.29 is 9.32 Å². The smallest absolute Gasteiger partial charge is 0.234 e. The van der Waals surface area contributed by atoms with Crippen LogP contribution in [0.5, 0.6) is 0 Å². The molecule has 0 radical (unpaired) electrons. The Hall–Kier alpha value is -2.98. The number of thiazole rings is 1. The van der Waals surface area contributed by atoms with Crippen molar-refractivity contribution in [3.63, 3.8) is 0 Å². The average Bonchev–Trinajstić information content (AvgIpc) is 3.40. The van der Waals surface area contributed by atoms with Gasteiger partial charge in [-0.15, -0.1) is 21.5 Å². The zero-order valence-electron chi connectivity index (χ0n) is 16.0. The standard InChI is InChI=1S/C19H18N6O2S2/c1-11-9-14(24-27-11)18-20-12(2)16(29-18)17-22-23-19(25(17)3)28-10-15(26)21-13-7-5-4-6-8-13/h4-9H,10H2,1-3H3,(H,21,26). The maximum Gasteiger partial charge on any atom is 0.234 e. The number of carbonyl (C=O) groups excluding carboxylic acids is 1. The van der Waals surface area contributed by atoms with Gasteiger partial charge in [-0.05, 0) is 26.0 Å². The Kier molecular flexibility index (Phi) is 5.45. The van der Waals surface area contributed by atoms with Crippen molar-refractivity contribution in [2.24, 2.45) is 7.05 Å². The highest BCUT2D eigenvalue weighted by atomic mass is 32.2. The number of para-hydroxylation sites is 1. The summed E-state index contributed by atoms with van der Waals surface area (Å²) in [6, 6.07) is 11.2. The van der Waals surface area contributed by atoms with E-state index in [1.165, 1.54) is 23.1 Å². The molecule has 4 aromatic rings.